The molecule has 0 aliphatic heterocycles. The van der Waals surface area contributed by atoms with Crippen LogP contribution in [0.15, 0.2) is 97.6 Å². The molecule has 1 atom stereocenters. The summed E-state index contributed by atoms with van der Waals surface area (Å²) in [6, 6.07) is 25.6. The van der Waals surface area contributed by atoms with Crippen molar-refractivity contribution in [1.82, 2.24) is 24.8 Å². The van der Waals surface area contributed by atoms with Crippen LogP contribution in [-0.2, 0) is 29.1 Å². The first-order valence-electron chi connectivity index (χ1n) is 13.2. The van der Waals surface area contributed by atoms with Crippen LogP contribution in [0.2, 0.25) is 0 Å². The number of para-hydroxylation sites is 1. The SMILES string of the molecule is CN(C)c1ncnc2c1ncn2Cc1ccccc1NC(=O)C(Cc1ccccc1)NC(=O)OCc1ccccc1. The number of carbonyl (C=O) groups is 2. The van der Waals surface area contributed by atoms with Gasteiger partial charge in [0.25, 0.3) is 0 Å². The Bertz CT molecular complexity index is 1620. The lowest BCUT2D eigenvalue weighted by atomic mass is 10.0. The monoisotopic (exact) mass is 549 g/mol. The van der Waals surface area contributed by atoms with Crippen molar-refractivity contribution < 1.29 is 14.3 Å². The number of anilines is 2. The maximum absolute atomic E-state index is 13.6. The van der Waals surface area contributed by atoms with Gasteiger partial charge in [-0.05, 0) is 22.8 Å². The Morgan fingerprint density at radius 3 is 2.29 bits per heavy atom. The Hall–Kier alpha value is -5.25. The van der Waals surface area contributed by atoms with E-state index in [0.717, 1.165) is 22.5 Å². The van der Waals surface area contributed by atoms with E-state index in [1.165, 1.54) is 6.33 Å². The molecule has 0 saturated heterocycles. The summed E-state index contributed by atoms with van der Waals surface area (Å²) in [6.07, 6.45) is 2.86. The first-order chi connectivity index (χ1) is 20.0. The van der Waals surface area contributed by atoms with Gasteiger partial charge in [0, 0.05) is 26.2 Å². The summed E-state index contributed by atoms with van der Waals surface area (Å²) >= 11 is 0. The molecule has 41 heavy (non-hydrogen) atoms. The lowest BCUT2D eigenvalue weighted by Gasteiger charge is -2.20. The van der Waals surface area contributed by atoms with E-state index in [0.29, 0.717) is 29.8 Å². The van der Waals surface area contributed by atoms with Gasteiger partial charge in [-0.2, -0.15) is 0 Å². The van der Waals surface area contributed by atoms with Gasteiger partial charge >= 0.3 is 6.09 Å². The number of imidazole rings is 1. The fraction of sp³-hybridized carbons (Fsp3) is 0.194. The van der Waals surface area contributed by atoms with Crippen molar-refractivity contribution in [3.05, 3.63) is 114 Å². The number of aromatic nitrogens is 4. The number of benzene rings is 3. The van der Waals surface area contributed by atoms with E-state index in [2.05, 4.69) is 25.6 Å². The number of ether oxygens (including phenoxy) is 1. The molecule has 2 N–H and O–H groups in total. The zero-order chi connectivity index (χ0) is 28.6. The summed E-state index contributed by atoms with van der Waals surface area (Å²) < 4.78 is 7.31. The number of nitrogens with zero attached hydrogens (tertiary/aromatic N) is 5. The number of hydrogen-bond donors (Lipinski definition) is 2. The molecule has 5 aromatic rings. The molecule has 10 heteroatoms. The number of fused-ring (bicyclic) bond motifs is 1. The van der Waals surface area contributed by atoms with Crippen LogP contribution in [-0.4, -0.2) is 51.7 Å². The van der Waals surface area contributed by atoms with Crippen LogP contribution in [0, 0.1) is 0 Å². The van der Waals surface area contributed by atoms with Crippen LogP contribution >= 0.6 is 0 Å². The van der Waals surface area contributed by atoms with E-state index in [1.54, 1.807) is 6.33 Å². The fourth-order valence-electron chi connectivity index (χ4n) is 4.46. The maximum Gasteiger partial charge on any atom is 0.408 e. The molecule has 1 unspecified atom stereocenters. The molecule has 2 heterocycles. The molecule has 0 spiro atoms. The third-order valence-electron chi connectivity index (χ3n) is 6.53. The van der Waals surface area contributed by atoms with Crippen molar-refractivity contribution in [3.63, 3.8) is 0 Å². The average molecular weight is 550 g/mol. The molecule has 0 bridgehead atoms. The van der Waals surface area contributed by atoms with Crippen LogP contribution in [0.3, 0.4) is 0 Å². The number of alkyl carbamates (subject to hydrolysis) is 1. The molecule has 0 aliphatic rings. The van der Waals surface area contributed by atoms with E-state index in [-0.39, 0.29) is 12.5 Å². The highest BCUT2D eigenvalue weighted by atomic mass is 16.5. The van der Waals surface area contributed by atoms with Gasteiger partial charge in [0.15, 0.2) is 17.0 Å². The summed E-state index contributed by atoms with van der Waals surface area (Å²) in [7, 11) is 3.81. The molecule has 0 fully saturated rings. The molecule has 2 aromatic heterocycles. The maximum atomic E-state index is 13.6. The minimum Gasteiger partial charge on any atom is -0.445 e. The standard InChI is InChI=1S/C31H31N7O3/c1-37(2)28-27-29(33-20-32-28)38(21-34-27)18-24-15-9-10-16-25(24)35-30(39)26(17-22-11-5-3-6-12-22)36-31(40)41-19-23-13-7-4-8-14-23/h3-16,20-21,26H,17-19H2,1-2H3,(H,35,39)(H,36,40). The summed E-state index contributed by atoms with van der Waals surface area (Å²) in [4.78, 5) is 41.5. The van der Waals surface area contributed by atoms with E-state index >= 15 is 0 Å². The number of carbonyl (C=O) groups excluding carboxylic acids is 2. The second kappa shape index (κ2) is 12.7. The highest BCUT2D eigenvalue weighted by Gasteiger charge is 2.23. The highest BCUT2D eigenvalue weighted by Crippen LogP contribution is 2.23. The molecule has 0 radical (unpaired) electrons. The first kappa shape index (κ1) is 27.3. The second-order valence-corrected chi connectivity index (χ2v) is 9.73. The zero-order valence-electron chi connectivity index (χ0n) is 22.9. The number of hydrogen-bond acceptors (Lipinski definition) is 7. The summed E-state index contributed by atoms with van der Waals surface area (Å²) in [5.41, 5.74) is 4.63. The first-order valence-corrected chi connectivity index (χ1v) is 13.2. The Labute approximate surface area is 238 Å². The van der Waals surface area contributed by atoms with Gasteiger partial charge < -0.3 is 24.8 Å². The van der Waals surface area contributed by atoms with Gasteiger partial charge in [0.2, 0.25) is 5.91 Å². The predicted octanol–water partition coefficient (Wildman–Crippen LogP) is 4.42. The predicted molar refractivity (Wildman–Crippen MR) is 158 cm³/mol. The normalized spacial score (nSPS) is 11.6. The van der Waals surface area contributed by atoms with Gasteiger partial charge in [0.1, 0.15) is 19.0 Å². The van der Waals surface area contributed by atoms with Crippen molar-refractivity contribution in [3.8, 4) is 0 Å². The second-order valence-electron chi connectivity index (χ2n) is 9.73. The lowest BCUT2D eigenvalue weighted by Crippen LogP contribution is -2.45. The minimum atomic E-state index is -0.863. The highest BCUT2D eigenvalue weighted by molar-refractivity contribution is 5.97. The van der Waals surface area contributed by atoms with Crippen molar-refractivity contribution in [1.29, 1.82) is 0 Å². The van der Waals surface area contributed by atoms with E-state index in [9.17, 15) is 9.59 Å². The molecule has 3 aromatic carbocycles. The van der Waals surface area contributed by atoms with Crippen LogP contribution in [0.5, 0.6) is 0 Å². The zero-order valence-corrected chi connectivity index (χ0v) is 22.9. The number of amides is 2. The van der Waals surface area contributed by atoms with Gasteiger partial charge in [-0.15, -0.1) is 0 Å². The quantitative estimate of drug-likeness (QED) is 0.265. The molecular weight excluding hydrogens is 518 g/mol. The van der Waals surface area contributed by atoms with Crippen LogP contribution < -0.4 is 15.5 Å². The van der Waals surface area contributed by atoms with Crippen molar-refractivity contribution in [2.24, 2.45) is 0 Å². The summed E-state index contributed by atoms with van der Waals surface area (Å²) in [5.74, 6) is 0.370. The van der Waals surface area contributed by atoms with Gasteiger partial charge in [-0.25, -0.2) is 19.7 Å². The fourth-order valence-corrected chi connectivity index (χ4v) is 4.46. The molecule has 0 aliphatic carbocycles. The van der Waals surface area contributed by atoms with Crippen LogP contribution in [0.1, 0.15) is 16.7 Å². The largest absolute Gasteiger partial charge is 0.445 e. The molecule has 0 saturated carbocycles. The number of rotatable bonds is 10. The Morgan fingerprint density at radius 2 is 1.56 bits per heavy atom. The topological polar surface area (TPSA) is 114 Å². The Kier molecular flexibility index (Phi) is 8.49. The van der Waals surface area contributed by atoms with Gasteiger partial charge in [-0.3, -0.25) is 4.79 Å². The van der Waals surface area contributed by atoms with E-state index < -0.39 is 12.1 Å². The summed E-state index contributed by atoms with van der Waals surface area (Å²) in [6.45, 7) is 0.528. The van der Waals surface area contributed by atoms with Crippen LogP contribution in [0.4, 0.5) is 16.3 Å². The van der Waals surface area contributed by atoms with Gasteiger partial charge in [-0.1, -0.05) is 78.9 Å². The van der Waals surface area contributed by atoms with Gasteiger partial charge in [0.05, 0.1) is 12.9 Å². The van der Waals surface area contributed by atoms with E-state index in [1.807, 2.05) is 108 Å². The third kappa shape index (κ3) is 6.85. The Balaban J connectivity index is 1.33. The van der Waals surface area contributed by atoms with Crippen molar-refractivity contribution >= 4 is 34.7 Å². The molecule has 10 nitrogen and oxygen atoms in total. The van der Waals surface area contributed by atoms with E-state index in [4.69, 9.17) is 4.74 Å². The molecule has 208 valence electrons. The average Bonchev–Trinajstić information content (AvgIpc) is 3.40. The summed E-state index contributed by atoms with van der Waals surface area (Å²) in [5, 5.41) is 5.77. The third-order valence-corrected chi connectivity index (χ3v) is 6.53. The van der Waals surface area contributed by atoms with Crippen molar-refractivity contribution in [2.45, 2.75) is 25.6 Å². The lowest BCUT2D eigenvalue weighted by molar-refractivity contribution is -0.118. The number of nitrogens with one attached hydrogen (secondary N) is 2. The molecule has 2 amide bonds. The van der Waals surface area contributed by atoms with Crippen LogP contribution in [0.25, 0.3) is 11.2 Å². The molecule has 5 rings (SSSR count). The van der Waals surface area contributed by atoms with Crippen molar-refractivity contribution in [2.75, 3.05) is 24.3 Å². The Morgan fingerprint density at radius 1 is 0.878 bits per heavy atom. The smallest absolute Gasteiger partial charge is 0.408 e. The molecular formula is C31H31N7O3. The minimum absolute atomic E-state index is 0.104.